The van der Waals surface area contributed by atoms with Crippen molar-refractivity contribution >= 4 is 11.8 Å². The van der Waals surface area contributed by atoms with Crippen LogP contribution in [0, 0.1) is 11.3 Å². The van der Waals surface area contributed by atoms with E-state index in [1.54, 1.807) is 0 Å². The first kappa shape index (κ1) is 11.5. The van der Waals surface area contributed by atoms with Crippen LogP contribution in [0.4, 0.5) is 11.8 Å². The number of hydrogen-bond acceptors (Lipinski definition) is 7. The summed E-state index contributed by atoms with van der Waals surface area (Å²) in [5.41, 5.74) is 11.2. The Kier molecular flexibility index (Phi) is 2.61. The van der Waals surface area contributed by atoms with E-state index in [4.69, 9.17) is 16.7 Å². The predicted octanol–water partition coefficient (Wildman–Crippen LogP) is 0.591. The van der Waals surface area contributed by atoms with Crippen molar-refractivity contribution in [2.75, 3.05) is 11.5 Å². The number of anilines is 2. The van der Waals surface area contributed by atoms with Gasteiger partial charge in [-0.3, -0.25) is 0 Å². The fourth-order valence-electron chi connectivity index (χ4n) is 1.52. The molecule has 2 aromatic rings. The van der Waals surface area contributed by atoms with Gasteiger partial charge in [-0.05, 0) is 12.1 Å². The van der Waals surface area contributed by atoms with Gasteiger partial charge in [0.25, 0.3) is 0 Å². The third-order valence-electron chi connectivity index (χ3n) is 2.34. The Labute approximate surface area is 102 Å². The second-order valence-corrected chi connectivity index (χ2v) is 3.48. The minimum atomic E-state index is -0.397. The van der Waals surface area contributed by atoms with Gasteiger partial charge in [0, 0.05) is 5.56 Å². The highest BCUT2D eigenvalue weighted by atomic mass is 16.3. The van der Waals surface area contributed by atoms with Crippen LogP contribution in [0.15, 0.2) is 18.2 Å². The average Bonchev–Trinajstić information content (AvgIpc) is 2.32. The van der Waals surface area contributed by atoms with Gasteiger partial charge >= 0.3 is 0 Å². The minimum absolute atomic E-state index is 0.00917. The topological polar surface area (TPSA) is 142 Å². The van der Waals surface area contributed by atoms with Crippen LogP contribution in [0.3, 0.4) is 0 Å². The average molecular weight is 243 g/mol. The van der Waals surface area contributed by atoms with Crippen molar-refractivity contribution in [3.63, 3.8) is 0 Å². The molecule has 0 amide bonds. The van der Waals surface area contributed by atoms with Crippen LogP contribution >= 0.6 is 0 Å². The van der Waals surface area contributed by atoms with E-state index < -0.39 is 5.75 Å². The summed E-state index contributed by atoms with van der Waals surface area (Å²) in [6.07, 6.45) is 0. The molecule has 1 aromatic carbocycles. The highest BCUT2D eigenvalue weighted by molar-refractivity contribution is 5.78. The lowest BCUT2D eigenvalue weighted by Gasteiger charge is -2.08. The van der Waals surface area contributed by atoms with Crippen LogP contribution in [-0.4, -0.2) is 20.2 Å². The Balaban J connectivity index is 2.79. The molecule has 1 heterocycles. The van der Waals surface area contributed by atoms with Crippen LogP contribution in [-0.2, 0) is 0 Å². The zero-order valence-electron chi connectivity index (χ0n) is 9.12. The SMILES string of the molecule is N#Cc1c(N)nc(N)nc1-c1cccc(O)c1O. The summed E-state index contributed by atoms with van der Waals surface area (Å²) in [4.78, 5) is 7.53. The molecule has 0 saturated carbocycles. The van der Waals surface area contributed by atoms with Crippen LogP contribution in [0.5, 0.6) is 11.5 Å². The zero-order chi connectivity index (χ0) is 13.3. The van der Waals surface area contributed by atoms with Crippen LogP contribution in [0.1, 0.15) is 5.56 Å². The minimum Gasteiger partial charge on any atom is -0.504 e. The lowest BCUT2D eigenvalue weighted by Crippen LogP contribution is -2.05. The molecule has 0 fully saturated rings. The number of aromatic hydroxyl groups is 2. The van der Waals surface area contributed by atoms with Gasteiger partial charge in [-0.2, -0.15) is 10.2 Å². The highest BCUT2D eigenvalue weighted by Crippen LogP contribution is 2.37. The number of nitrogen functional groups attached to an aromatic ring is 2. The van der Waals surface area contributed by atoms with Gasteiger partial charge in [0.05, 0.1) is 5.69 Å². The number of benzene rings is 1. The largest absolute Gasteiger partial charge is 0.504 e. The molecule has 0 aliphatic rings. The monoisotopic (exact) mass is 243 g/mol. The van der Waals surface area contributed by atoms with Crippen molar-refractivity contribution in [1.29, 1.82) is 5.26 Å². The van der Waals surface area contributed by atoms with Crippen LogP contribution < -0.4 is 11.5 Å². The maximum atomic E-state index is 9.75. The number of nitriles is 1. The summed E-state index contributed by atoms with van der Waals surface area (Å²) in [7, 11) is 0. The standard InChI is InChI=1S/C11H9N5O2/c12-4-6-8(15-11(14)16-10(6)13)5-2-1-3-7(17)9(5)18/h1-3,17-18H,(H4,13,14,15,16). The van der Waals surface area contributed by atoms with Crippen molar-refractivity contribution in [2.45, 2.75) is 0 Å². The van der Waals surface area contributed by atoms with Gasteiger partial charge in [0.2, 0.25) is 5.95 Å². The first-order valence-electron chi connectivity index (χ1n) is 4.89. The molecule has 0 bridgehead atoms. The number of para-hydroxylation sites is 1. The lowest BCUT2D eigenvalue weighted by molar-refractivity contribution is 0.405. The molecule has 2 rings (SSSR count). The number of phenols is 2. The van der Waals surface area contributed by atoms with E-state index >= 15 is 0 Å². The smallest absolute Gasteiger partial charge is 0.222 e. The van der Waals surface area contributed by atoms with Crippen molar-refractivity contribution in [2.24, 2.45) is 0 Å². The van der Waals surface area contributed by atoms with Crippen molar-refractivity contribution in [1.82, 2.24) is 9.97 Å². The normalized spacial score (nSPS) is 9.94. The molecule has 0 unspecified atom stereocenters. The summed E-state index contributed by atoms with van der Waals surface area (Å²) < 4.78 is 0. The number of hydrogen-bond donors (Lipinski definition) is 4. The number of aromatic nitrogens is 2. The maximum absolute atomic E-state index is 9.75. The first-order valence-corrected chi connectivity index (χ1v) is 4.89. The highest BCUT2D eigenvalue weighted by Gasteiger charge is 2.17. The van der Waals surface area contributed by atoms with E-state index in [1.165, 1.54) is 18.2 Å². The molecule has 0 aliphatic carbocycles. The molecule has 7 heteroatoms. The summed E-state index contributed by atoms with van der Waals surface area (Å²) in [6.45, 7) is 0. The molecule has 18 heavy (non-hydrogen) atoms. The summed E-state index contributed by atoms with van der Waals surface area (Å²) in [5.74, 6) is -0.925. The summed E-state index contributed by atoms with van der Waals surface area (Å²) in [6, 6.07) is 6.13. The van der Waals surface area contributed by atoms with E-state index in [-0.39, 0.29) is 34.3 Å². The predicted molar refractivity (Wildman–Crippen MR) is 64.3 cm³/mol. The second-order valence-electron chi connectivity index (χ2n) is 3.48. The van der Waals surface area contributed by atoms with Crippen LogP contribution in [0.2, 0.25) is 0 Å². The van der Waals surface area contributed by atoms with Gasteiger partial charge in [0.1, 0.15) is 17.5 Å². The van der Waals surface area contributed by atoms with E-state index in [0.29, 0.717) is 0 Å². The van der Waals surface area contributed by atoms with E-state index in [1.807, 2.05) is 6.07 Å². The molecule has 6 N–H and O–H groups in total. The van der Waals surface area contributed by atoms with Gasteiger partial charge < -0.3 is 21.7 Å². The summed E-state index contributed by atoms with van der Waals surface area (Å²) in [5, 5.41) is 28.2. The third kappa shape index (κ3) is 1.72. The van der Waals surface area contributed by atoms with E-state index in [2.05, 4.69) is 9.97 Å². The summed E-state index contributed by atoms with van der Waals surface area (Å²) >= 11 is 0. The Morgan fingerprint density at radius 2 is 1.89 bits per heavy atom. The fraction of sp³-hybridized carbons (Fsp3) is 0. The van der Waals surface area contributed by atoms with Crippen molar-refractivity contribution in [3.05, 3.63) is 23.8 Å². The molecule has 0 radical (unpaired) electrons. The lowest BCUT2D eigenvalue weighted by atomic mass is 10.1. The molecule has 0 saturated heterocycles. The Morgan fingerprint density at radius 1 is 1.17 bits per heavy atom. The molecule has 1 aromatic heterocycles. The maximum Gasteiger partial charge on any atom is 0.222 e. The third-order valence-corrected chi connectivity index (χ3v) is 2.34. The zero-order valence-corrected chi connectivity index (χ0v) is 9.12. The molecule has 7 nitrogen and oxygen atoms in total. The first-order chi connectivity index (χ1) is 8.54. The number of phenolic OH excluding ortho intramolecular Hbond substituents is 2. The number of rotatable bonds is 1. The van der Waals surface area contributed by atoms with Crippen molar-refractivity contribution in [3.8, 4) is 28.8 Å². The van der Waals surface area contributed by atoms with Gasteiger partial charge in [-0.1, -0.05) is 6.07 Å². The Morgan fingerprint density at radius 3 is 2.56 bits per heavy atom. The molecule has 0 spiro atoms. The van der Waals surface area contributed by atoms with Gasteiger partial charge in [0.15, 0.2) is 11.5 Å². The number of nitrogens with two attached hydrogens (primary N) is 2. The number of nitrogens with zero attached hydrogens (tertiary/aromatic N) is 3. The van der Waals surface area contributed by atoms with Gasteiger partial charge in [-0.15, -0.1) is 0 Å². The Bertz CT molecular complexity index is 663. The van der Waals surface area contributed by atoms with Gasteiger partial charge in [-0.25, -0.2) is 4.98 Å². The van der Waals surface area contributed by atoms with E-state index in [0.717, 1.165) is 0 Å². The second kappa shape index (κ2) is 4.10. The molecular weight excluding hydrogens is 234 g/mol. The molecular formula is C11H9N5O2. The molecule has 90 valence electrons. The van der Waals surface area contributed by atoms with E-state index in [9.17, 15) is 10.2 Å². The Hall–Kier alpha value is -3.01. The van der Waals surface area contributed by atoms with Crippen molar-refractivity contribution < 1.29 is 10.2 Å². The fourth-order valence-corrected chi connectivity index (χ4v) is 1.52. The van der Waals surface area contributed by atoms with Crippen LogP contribution in [0.25, 0.3) is 11.3 Å². The quantitative estimate of drug-likeness (QED) is 0.537. The molecule has 0 aliphatic heterocycles. The molecule has 0 atom stereocenters.